The fraction of sp³-hybridized carbons (Fsp3) is 0.500. The standard InChI is InChI=1S/C22H30N4O2/c1-15-8-9-18(17(12-15)22(3,4)5)28-16(2)21(27)25-19-13-20(24-14-23-19)26-10-6-7-11-26/h8-9,12-14,16H,6-7,10-11H2,1-5H3,(H,23,24,25,27). The lowest BCUT2D eigenvalue weighted by Crippen LogP contribution is -2.31. The Hall–Kier alpha value is -2.63. The third-order valence-electron chi connectivity index (χ3n) is 4.95. The van der Waals surface area contributed by atoms with E-state index in [0.717, 1.165) is 30.2 Å². The molecule has 2 aromatic rings. The van der Waals surface area contributed by atoms with Gasteiger partial charge in [-0.05, 0) is 43.7 Å². The van der Waals surface area contributed by atoms with Crippen molar-refractivity contribution >= 4 is 17.5 Å². The van der Waals surface area contributed by atoms with Gasteiger partial charge in [0.2, 0.25) is 0 Å². The van der Waals surface area contributed by atoms with E-state index < -0.39 is 6.10 Å². The Bertz CT molecular complexity index is 839. The van der Waals surface area contributed by atoms with Crippen LogP contribution in [0.4, 0.5) is 11.6 Å². The monoisotopic (exact) mass is 382 g/mol. The number of rotatable bonds is 5. The maximum atomic E-state index is 12.7. The van der Waals surface area contributed by atoms with Gasteiger partial charge in [0.1, 0.15) is 23.7 Å². The Morgan fingerprint density at radius 1 is 1.18 bits per heavy atom. The molecular weight excluding hydrogens is 352 g/mol. The van der Waals surface area contributed by atoms with Crippen molar-refractivity contribution in [2.45, 2.75) is 59.0 Å². The molecule has 28 heavy (non-hydrogen) atoms. The quantitative estimate of drug-likeness (QED) is 0.844. The molecule has 0 radical (unpaired) electrons. The zero-order valence-electron chi connectivity index (χ0n) is 17.5. The molecule has 1 aromatic heterocycles. The first kappa shape index (κ1) is 20.1. The van der Waals surface area contributed by atoms with E-state index >= 15 is 0 Å². The second-order valence-electron chi connectivity index (χ2n) is 8.45. The first-order valence-electron chi connectivity index (χ1n) is 9.90. The summed E-state index contributed by atoms with van der Waals surface area (Å²) in [5.74, 6) is 1.86. The van der Waals surface area contributed by atoms with Crippen molar-refractivity contribution in [1.82, 2.24) is 9.97 Å². The molecule has 1 amide bonds. The lowest BCUT2D eigenvalue weighted by molar-refractivity contribution is -0.122. The first-order chi connectivity index (χ1) is 13.2. The van der Waals surface area contributed by atoms with E-state index in [-0.39, 0.29) is 11.3 Å². The molecule has 1 aliphatic rings. The second-order valence-corrected chi connectivity index (χ2v) is 8.45. The Labute approximate surface area is 167 Å². The van der Waals surface area contributed by atoms with Crippen LogP contribution in [0.2, 0.25) is 0 Å². The van der Waals surface area contributed by atoms with Crippen LogP contribution in [0, 0.1) is 6.92 Å². The highest BCUT2D eigenvalue weighted by Crippen LogP contribution is 2.32. The van der Waals surface area contributed by atoms with E-state index in [1.807, 2.05) is 18.2 Å². The lowest BCUT2D eigenvalue weighted by atomic mass is 9.85. The smallest absolute Gasteiger partial charge is 0.266 e. The highest BCUT2D eigenvalue weighted by Gasteiger charge is 2.23. The average molecular weight is 383 g/mol. The number of hydrogen-bond acceptors (Lipinski definition) is 5. The number of nitrogens with one attached hydrogen (secondary N) is 1. The summed E-state index contributed by atoms with van der Waals surface area (Å²) >= 11 is 0. The highest BCUT2D eigenvalue weighted by molar-refractivity contribution is 5.93. The summed E-state index contributed by atoms with van der Waals surface area (Å²) in [6.07, 6.45) is 3.19. The number of anilines is 2. The van der Waals surface area contributed by atoms with Gasteiger partial charge in [0.25, 0.3) is 5.91 Å². The molecule has 2 heterocycles. The number of aromatic nitrogens is 2. The van der Waals surface area contributed by atoms with Crippen molar-refractivity contribution in [3.05, 3.63) is 41.7 Å². The summed E-state index contributed by atoms with van der Waals surface area (Å²) < 4.78 is 6.03. The predicted octanol–water partition coefficient (Wildman–Crippen LogP) is 4.09. The van der Waals surface area contributed by atoms with E-state index in [1.165, 1.54) is 24.7 Å². The van der Waals surface area contributed by atoms with Gasteiger partial charge in [-0.3, -0.25) is 4.79 Å². The van der Waals surface area contributed by atoms with Crippen LogP contribution in [0.1, 0.15) is 51.7 Å². The average Bonchev–Trinajstić information content (AvgIpc) is 3.17. The van der Waals surface area contributed by atoms with E-state index in [0.29, 0.717) is 5.82 Å². The number of carbonyl (C=O) groups is 1. The van der Waals surface area contributed by atoms with Crippen molar-refractivity contribution in [1.29, 1.82) is 0 Å². The molecule has 6 nitrogen and oxygen atoms in total. The number of aryl methyl sites for hydroxylation is 1. The van der Waals surface area contributed by atoms with Gasteiger partial charge in [0.15, 0.2) is 6.10 Å². The van der Waals surface area contributed by atoms with Crippen molar-refractivity contribution in [3.63, 3.8) is 0 Å². The first-order valence-corrected chi connectivity index (χ1v) is 9.90. The fourth-order valence-electron chi connectivity index (χ4n) is 3.34. The molecule has 150 valence electrons. The molecule has 0 aliphatic carbocycles. The number of nitrogens with zero attached hydrogens (tertiary/aromatic N) is 3. The summed E-state index contributed by atoms with van der Waals surface area (Å²) in [7, 11) is 0. The van der Waals surface area contributed by atoms with E-state index in [4.69, 9.17) is 4.74 Å². The largest absolute Gasteiger partial charge is 0.481 e. The third-order valence-corrected chi connectivity index (χ3v) is 4.95. The van der Waals surface area contributed by atoms with Gasteiger partial charge >= 0.3 is 0 Å². The number of carbonyl (C=O) groups excluding carboxylic acids is 1. The molecule has 3 rings (SSSR count). The SMILES string of the molecule is Cc1ccc(OC(C)C(=O)Nc2cc(N3CCCC3)ncn2)c(C(C)(C)C)c1. The molecule has 1 saturated heterocycles. The van der Waals surface area contributed by atoms with Crippen LogP contribution in [-0.2, 0) is 10.2 Å². The summed E-state index contributed by atoms with van der Waals surface area (Å²) in [6.45, 7) is 12.2. The Morgan fingerprint density at radius 3 is 2.57 bits per heavy atom. The molecule has 1 atom stereocenters. The molecule has 0 saturated carbocycles. The van der Waals surface area contributed by atoms with Crippen molar-refractivity contribution in [2.24, 2.45) is 0 Å². The van der Waals surface area contributed by atoms with E-state index in [9.17, 15) is 4.79 Å². The van der Waals surface area contributed by atoms with Crippen molar-refractivity contribution < 1.29 is 9.53 Å². The summed E-state index contributed by atoms with van der Waals surface area (Å²) in [5.41, 5.74) is 2.18. The number of benzene rings is 1. The van der Waals surface area contributed by atoms with Crippen LogP contribution in [-0.4, -0.2) is 35.1 Å². The highest BCUT2D eigenvalue weighted by atomic mass is 16.5. The molecule has 1 aliphatic heterocycles. The molecule has 6 heteroatoms. The maximum Gasteiger partial charge on any atom is 0.266 e. The molecule has 0 spiro atoms. The summed E-state index contributed by atoms with van der Waals surface area (Å²) in [5, 5.41) is 2.85. The minimum atomic E-state index is -0.644. The number of hydrogen-bond donors (Lipinski definition) is 1. The normalized spacial score (nSPS) is 15.4. The molecule has 1 unspecified atom stereocenters. The third kappa shape index (κ3) is 4.80. The molecule has 0 bridgehead atoms. The number of amides is 1. The van der Waals surface area contributed by atoms with E-state index in [2.05, 4.69) is 53.9 Å². The minimum Gasteiger partial charge on any atom is -0.481 e. The minimum absolute atomic E-state index is 0.0746. The molecule has 1 N–H and O–H groups in total. The molecular formula is C22H30N4O2. The van der Waals surface area contributed by atoms with Gasteiger partial charge in [0, 0.05) is 19.2 Å². The lowest BCUT2D eigenvalue weighted by Gasteiger charge is -2.25. The second kappa shape index (κ2) is 8.17. The molecule has 1 aromatic carbocycles. The topological polar surface area (TPSA) is 67.3 Å². The van der Waals surface area contributed by atoms with Gasteiger partial charge in [-0.25, -0.2) is 9.97 Å². The van der Waals surface area contributed by atoms with Crippen molar-refractivity contribution in [3.8, 4) is 5.75 Å². The Morgan fingerprint density at radius 2 is 1.89 bits per heavy atom. The summed E-state index contributed by atoms with van der Waals surface area (Å²) in [6, 6.07) is 7.88. The van der Waals surface area contributed by atoms with Crippen LogP contribution < -0.4 is 15.0 Å². The Kier molecular flexibility index (Phi) is 5.87. The van der Waals surface area contributed by atoms with Gasteiger partial charge in [-0.1, -0.05) is 38.5 Å². The van der Waals surface area contributed by atoms with Crippen LogP contribution >= 0.6 is 0 Å². The van der Waals surface area contributed by atoms with Gasteiger partial charge in [0.05, 0.1) is 0 Å². The van der Waals surface area contributed by atoms with Crippen LogP contribution in [0.25, 0.3) is 0 Å². The van der Waals surface area contributed by atoms with Gasteiger partial charge in [-0.2, -0.15) is 0 Å². The van der Waals surface area contributed by atoms with Crippen molar-refractivity contribution in [2.75, 3.05) is 23.3 Å². The fourth-order valence-corrected chi connectivity index (χ4v) is 3.34. The van der Waals surface area contributed by atoms with Gasteiger partial charge < -0.3 is 15.0 Å². The van der Waals surface area contributed by atoms with Crippen LogP contribution in [0.3, 0.4) is 0 Å². The molecule has 1 fully saturated rings. The zero-order valence-corrected chi connectivity index (χ0v) is 17.5. The van der Waals surface area contributed by atoms with Gasteiger partial charge in [-0.15, -0.1) is 0 Å². The Balaban J connectivity index is 1.70. The van der Waals surface area contributed by atoms with Crippen LogP contribution in [0.15, 0.2) is 30.6 Å². The predicted molar refractivity (Wildman–Crippen MR) is 112 cm³/mol. The summed E-state index contributed by atoms with van der Waals surface area (Å²) in [4.78, 5) is 23.4. The zero-order chi connectivity index (χ0) is 20.3. The number of ether oxygens (including phenoxy) is 1. The van der Waals surface area contributed by atoms with E-state index in [1.54, 1.807) is 6.92 Å². The van der Waals surface area contributed by atoms with Crippen LogP contribution in [0.5, 0.6) is 5.75 Å². The maximum absolute atomic E-state index is 12.7.